The van der Waals surface area contributed by atoms with E-state index >= 15 is 0 Å². The first-order valence-corrected chi connectivity index (χ1v) is 8.28. The fraction of sp³-hybridized carbons (Fsp3) is 0.471. The highest BCUT2D eigenvalue weighted by atomic mass is 16.6. The van der Waals surface area contributed by atoms with Gasteiger partial charge in [-0.25, -0.2) is 4.79 Å². The van der Waals surface area contributed by atoms with Gasteiger partial charge in [-0.1, -0.05) is 12.1 Å². The SMILES string of the molecule is C[C@H](c1cccc([N+](=O)[O-])c1)N(C)C(=O)CCCN1C(=O)CN(C)C1=O. The highest BCUT2D eigenvalue weighted by Gasteiger charge is 2.33. The maximum atomic E-state index is 12.4. The molecule has 0 aliphatic carbocycles. The fourth-order valence-corrected chi connectivity index (χ4v) is 2.79. The third-order valence-electron chi connectivity index (χ3n) is 4.54. The largest absolute Gasteiger partial charge is 0.339 e. The van der Waals surface area contributed by atoms with Crippen molar-refractivity contribution in [3.63, 3.8) is 0 Å². The van der Waals surface area contributed by atoms with E-state index in [9.17, 15) is 24.5 Å². The van der Waals surface area contributed by atoms with Crippen LogP contribution < -0.4 is 0 Å². The van der Waals surface area contributed by atoms with E-state index in [1.54, 1.807) is 33.2 Å². The number of benzene rings is 1. The van der Waals surface area contributed by atoms with Crippen molar-refractivity contribution in [2.24, 2.45) is 0 Å². The van der Waals surface area contributed by atoms with Crippen molar-refractivity contribution in [2.45, 2.75) is 25.8 Å². The van der Waals surface area contributed by atoms with Crippen LogP contribution in [0.3, 0.4) is 0 Å². The highest BCUT2D eigenvalue weighted by Crippen LogP contribution is 2.23. The summed E-state index contributed by atoms with van der Waals surface area (Å²) in [6.07, 6.45) is 0.548. The maximum Gasteiger partial charge on any atom is 0.326 e. The van der Waals surface area contributed by atoms with Crippen molar-refractivity contribution in [1.82, 2.24) is 14.7 Å². The summed E-state index contributed by atoms with van der Waals surface area (Å²) in [5, 5.41) is 10.9. The second-order valence-electron chi connectivity index (χ2n) is 6.32. The number of carbonyl (C=O) groups is 3. The normalized spacial score (nSPS) is 15.3. The van der Waals surface area contributed by atoms with E-state index < -0.39 is 4.92 Å². The number of non-ortho nitro benzene ring substituents is 1. The first-order chi connectivity index (χ1) is 12.2. The average Bonchev–Trinajstić information content (AvgIpc) is 2.86. The van der Waals surface area contributed by atoms with Gasteiger partial charge in [-0.3, -0.25) is 24.6 Å². The van der Waals surface area contributed by atoms with Crippen molar-refractivity contribution in [3.05, 3.63) is 39.9 Å². The first kappa shape index (κ1) is 19.4. The van der Waals surface area contributed by atoms with E-state index in [0.29, 0.717) is 12.0 Å². The molecule has 1 aromatic rings. The van der Waals surface area contributed by atoms with Gasteiger partial charge < -0.3 is 9.80 Å². The zero-order valence-electron chi connectivity index (χ0n) is 15.0. The molecule has 0 saturated carbocycles. The van der Waals surface area contributed by atoms with Crippen LogP contribution in [0.1, 0.15) is 31.4 Å². The molecule has 2 rings (SSSR count). The molecule has 0 N–H and O–H groups in total. The summed E-state index contributed by atoms with van der Waals surface area (Å²) in [6, 6.07) is 5.50. The summed E-state index contributed by atoms with van der Waals surface area (Å²) in [5.41, 5.74) is 0.645. The number of urea groups is 1. The van der Waals surface area contributed by atoms with Crippen LogP contribution in [-0.2, 0) is 9.59 Å². The van der Waals surface area contributed by atoms with Crippen molar-refractivity contribution in [2.75, 3.05) is 27.2 Å². The number of nitrogens with zero attached hydrogens (tertiary/aromatic N) is 4. The molecule has 4 amide bonds. The van der Waals surface area contributed by atoms with Crippen LogP contribution in [0.4, 0.5) is 10.5 Å². The number of carbonyl (C=O) groups excluding carboxylic acids is 3. The van der Waals surface area contributed by atoms with Crippen LogP contribution in [0, 0.1) is 10.1 Å². The molecule has 9 heteroatoms. The summed E-state index contributed by atoms with van der Waals surface area (Å²) in [7, 11) is 3.19. The Morgan fingerprint density at radius 1 is 1.38 bits per heavy atom. The Hall–Kier alpha value is -2.97. The van der Waals surface area contributed by atoms with Crippen LogP contribution >= 0.6 is 0 Å². The van der Waals surface area contributed by atoms with Gasteiger partial charge in [-0.15, -0.1) is 0 Å². The van der Waals surface area contributed by atoms with Gasteiger partial charge in [0.05, 0.1) is 11.0 Å². The highest BCUT2D eigenvalue weighted by molar-refractivity contribution is 6.01. The predicted octanol–water partition coefficient (Wildman–Crippen LogP) is 1.79. The molecule has 1 heterocycles. The molecule has 1 aromatic carbocycles. The van der Waals surface area contributed by atoms with E-state index in [4.69, 9.17) is 0 Å². The van der Waals surface area contributed by atoms with Crippen molar-refractivity contribution in [3.8, 4) is 0 Å². The minimum absolute atomic E-state index is 0.0228. The van der Waals surface area contributed by atoms with Gasteiger partial charge in [0.25, 0.3) is 5.69 Å². The lowest BCUT2D eigenvalue weighted by Crippen LogP contribution is -2.34. The molecule has 1 atom stereocenters. The second kappa shape index (κ2) is 7.94. The smallest absolute Gasteiger partial charge is 0.326 e. The van der Waals surface area contributed by atoms with Crippen LogP contribution in [0.5, 0.6) is 0 Å². The van der Waals surface area contributed by atoms with Crippen molar-refractivity contribution < 1.29 is 19.3 Å². The summed E-state index contributed by atoms with van der Waals surface area (Å²) >= 11 is 0. The van der Waals surface area contributed by atoms with Gasteiger partial charge in [-0.05, 0) is 18.9 Å². The third kappa shape index (κ3) is 4.16. The molecule has 1 aliphatic rings. The van der Waals surface area contributed by atoms with E-state index in [1.807, 2.05) is 0 Å². The number of hydrogen-bond acceptors (Lipinski definition) is 5. The zero-order chi connectivity index (χ0) is 19.4. The Balaban J connectivity index is 1.91. The third-order valence-corrected chi connectivity index (χ3v) is 4.54. The summed E-state index contributed by atoms with van der Waals surface area (Å²) in [4.78, 5) is 50.3. The first-order valence-electron chi connectivity index (χ1n) is 8.28. The standard InChI is InChI=1S/C17H22N4O5/c1-12(13-6-4-7-14(10-13)21(25)26)19(3)15(22)8-5-9-20-16(23)11-18(2)17(20)24/h4,6-7,10,12H,5,8-9,11H2,1-3H3/t12-/m1/s1. The molecule has 0 bridgehead atoms. The van der Waals surface area contributed by atoms with Crippen LogP contribution in [-0.4, -0.2) is 64.7 Å². The number of nitro benzene ring substituents is 1. The van der Waals surface area contributed by atoms with Gasteiger partial charge >= 0.3 is 6.03 Å². The van der Waals surface area contributed by atoms with Gasteiger partial charge in [0.15, 0.2) is 0 Å². The molecule has 26 heavy (non-hydrogen) atoms. The molecular weight excluding hydrogens is 340 g/mol. The Labute approximate surface area is 151 Å². The molecular formula is C17H22N4O5. The van der Waals surface area contributed by atoms with Crippen LogP contribution in [0.2, 0.25) is 0 Å². The number of nitro groups is 1. The molecule has 1 fully saturated rings. The number of likely N-dealkylation sites (N-methyl/N-ethyl adjacent to an activating group) is 1. The predicted molar refractivity (Wildman–Crippen MR) is 93.3 cm³/mol. The van der Waals surface area contributed by atoms with Gasteiger partial charge in [0, 0.05) is 39.2 Å². The van der Waals surface area contributed by atoms with E-state index in [0.717, 1.165) is 4.90 Å². The Morgan fingerprint density at radius 2 is 2.08 bits per heavy atom. The quantitative estimate of drug-likeness (QED) is 0.418. The lowest BCUT2D eigenvalue weighted by Gasteiger charge is -2.25. The van der Waals surface area contributed by atoms with Crippen LogP contribution in [0.25, 0.3) is 0 Å². The Kier molecular flexibility index (Phi) is 5.91. The Morgan fingerprint density at radius 3 is 2.65 bits per heavy atom. The molecule has 140 valence electrons. The fourth-order valence-electron chi connectivity index (χ4n) is 2.79. The second-order valence-corrected chi connectivity index (χ2v) is 6.32. The zero-order valence-corrected chi connectivity index (χ0v) is 15.0. The summed E-state index contributed by atoms with van der Waals surface area (Å²) in [6.45, 7) is 2.06. The number of imide groups is 1. The molecule has 1 saturated heterocycles. The molecule has 0 radical (unpaired) electrons. The van der Waals surface area contributed by atoms with Crippen LogP contribution in [0.15, 0.2) is 24.3 Å². The average molecular weight is 362 g/mol. The Bertz CT molecular complexity index is 736. The van der Waals surface area contributed by atoms with E-state index in [1.165, 1.54) is 21.9 Å². The van der Waals surface area contributed by atoms with Gasteiger partial charge in [-0.2, -0.15) is 0 Å². The van der Waals surface area contributed by atoms with E-state index in [2.05, 4.69) is 0 Å². The summed E-state index contributed by atoms with van der Waals surface area (Å²) < 4.78 is 0. The van der Waals surface area contributed by atoms with E-state index in [-0.39, 0.29) is 49.1 Å². The lowest BCUT2D eigenvalue weighted by atomic mass is 10.1. The summed E-state index contributed by atoms with van der Waals surface area (Å²) in [5.74, 6) is -0.417. The minimum atomic E-state index is -0.473. The minimum Gasteiger partial charge on any atom is -0.339 e. The molecule has 1 aliphatic heterocycles. The molecule has 0 aromatic heterocycles. The maximum absolute atomic E-state index is 12.4. The number of amides is 4. The van der Waals surface area contributed by atoms with Gasteiger partial charge in [0.1, 0.15) is 6.54 Å². The van der Waals surface area contributed by atoms with Crippen molar-refractivity contribution in [1.29, 1.82) is 0 Å². The monoisotopic (exact) mass is 362 g/mol. The number of hydrogen-bond donors (Lipinski definition) is 0. The van der Waals surface area contributed by atoms with Crippen molar-refractivity contribution >= 4 is 23.5 Å². The number of rotatable bonds is 7. The molecule has 0 spiro atoms. The lowest BCUT2D eigenvalue weighted by molar-refractivity contribution is -0.384. The molecule has 9 nitrogen and oxygen atoms in total. The topological polar surface area (TPSA) is 104 Å². The van der Waals surface area contributed by atoms with Gasteiger partial charge in [0.2, 0.25) is 11.8 Å². The molecule has 0 unspecified atom stereocenters.